The van der Waals surface area contributed by atoms with E-state index in [2.05, 4.69) is 17.1 Å². The molecular weight excluding hydrogens is 300 g/mol. The first kappa shape index (κ1) is 15.6. The van der Waals surface area contributed by atoms with Crippen molar-refractivity contribution in [2.75, 3.05) is 19.0 Å². The smallest absolute Gasteiger partial charge is 0.293 e. The van der Waals surface area contributed by atoms with Crippen molar-refractivity contribution in [2.24, 2.45) is 0 Å². The topological polar surface area (TPSA) is 61.3 Å². The number of ether oxygens (including phenoxy) is 1. The Balaban J connectivity index is 1.67. The van der Waals surface area contributed by atoms with Crippen molar-refractivity contribution >= 4 is 11.8 Å². The van der Waals surface area contributed by atoms with Crippen molar-refractivity contribution in [3.63, 3.8) is 0 Å². The van der Waals surface area contributed by atoms with Crippen LogP contribution in [0.3, 0.4) is 0 Å². The second kappa shape index (κ2) is 7.33. The zero-order valence-corrected chi connectivity index (χ0v) is 13.9. The van der Waals surface area contributed by atoms with Crippen LogP contribution in [0.5, 0.6) is 0 Å². The van der Waals surface area contributed by atoms with Gasteiger partial charge in [-0.25, -0.2) is 0 Å². The zero-order valence-electron chi connectivity index (χ0n) is 13.1. The molecule has 0 radical (unpaired) electrons. The first-order valence-electron chi connectivity index (χ1n) is 7.86. The van der Waals surface area contributed by atoms with Crippen LogP contribution in [0.2, 0.25) is 0 Å². The zero-order chi connectivity index (χ0) is 15.4. The number of rotatable bonds is 7. The van der Waals surface area contributed by atoms with Gasteiger partial charge in [0.2, 0.25) is 0 Å². The Kier molecular flexibility index (Phi) is 5.20. The van der Waals surface area contributed by atoms with E-state index in [0.717, 1.165) is 30.4 Å². The van der Waals surface area contributed by atoms with E-state index < -0.39 is 0 Å². The van der Waals surface area contributed by atoms with E-state index in [1.165, 1.54) is 24.2 Å². The minimum atomic E-state index is 0.248. The SMILES string of the molecule is CCCCSCc1cc(-c2nc([C@H]3CCOC3)no2)oc1C. The summed E-state index contributed by atoms with van der Waals surface area (Å²) in [7, 11) is 0. The quantitative estimate of drug-likeness (QED) is 0.713. The number of furan rings is 1. The highest BCUT2D eigenvalue weighted by Crippen LogP contribution is 2.29. The third-order valence-corrected chi connectivity index (χ3v) is 4.96. The number of hydrogen-bond acceptors (Lipinski definition) is 6. The van der Waals surface area contributed by atoms with Crippen LogP contribution >= 0.6 is 11.8 Å². The minimum absolute atomic E-state index is 0.248. The van der Waals surface area contributed by atoms with E-state index in [1.54, 1.807) is 0 Å². The third-order valence-electron chi connectivity index (χ3n) is 3.87. The molecule has 0 aliphatic carbocycles. The Morgan fingerprint density at radius 3 is 3.09 bits per heavy atom. The molecule has 5 nitrogen and oxygen atoms in total. The van der Waals surface area contributed by atoms with E-state index >= 15 is 0 Å². The van der Waals surface area contributed by atoms with Gasteiger partial charge in [-0.05, 0) is 31.6 Å². The van der Waals surface area contributed by atoms with E-state index in [1.807, 2.05) is 24.8 Å². The molecule has 0 bridgehead atoms. The van der Waals surface area contributed by atoms with Gasteiger partial charge in [-0.3, -0.25) is 0 Å². The molecule has 3 heterocycles. The molecule has 1 aliphatic heterocycles. The summed E-state index contributed by atoms with van der Waals surface area (Å²) >= 11 is 1.94. The number of thioether (sulfide) groups is 1. The predicted molar refractivity (Wildman–Crippen MR) is 86.0 cm³/mol. The fraction of sp³-hybridized carbons (Fsp3) is 0.625. The molecule has 1 atom stereocenters. The van der Waals surface area contributed by atoms with E-state index in [4.69, 9.17) is 13.7 Å². The molecule has 0 saturated carbocycles. The fourth-order valence-electron chi connectivity index (χ4n) is 2.44. The third kappa shape index (κ3) is 3.55. The Bertz CT molecular complexity index is 602. The lowest BCUT2D eigenvalue weighted by molar-refractivity contribution is 0.192. The molecule has 120 valence electrons. The maximum absolute atomic E-state index is 5.79. The Morgan fingerprint density at radius 1 is 1.41 bits per heavy atom. The van der Waals surface area contributed by atoms with Crippen molar-refractivity contribution in [3.05, 3.63) is 23.2 Å². The highest BCUT2D eigenvalue weighted by atomic mass is 32.2. The lowest BCUT2D eigenvalue weighted by atomic mass is 10.1. The molecule has 0 unspecified atom stereocenters. The molecule has 0 N–H and O–H groups in total. The molecule has 1 aliphatic rings. The maximum Gasteiger partial charge on any atom is 0.293 e. The molecule has 0 aromatic carbocycles. The lowest BCUT2D eigenvalue weighted by Crippen LogP contribution is -1.99. The number of aromatic nitrogens is 2. The summed E-state index contributed by atoms with van der Waals surface area (Å²) in [6.07, 6.45) is 3.44. The van der Waals surface area contributed by atoms with Crippen LogP contribution in [0, 0.1) is 6.92 Å². The lowest BCUT2D eigenvalue weighted by Gasteiger charge is -1.98. The molecule has 6 heteroatoms. The minimum Gasteiger partial charge on any atom is -0.456 e. The molecule has 3 rings (SSSR count). The van der Waals surface area contributed by atoms with Gasteiger partial charge in [0, 0.05) is 23.8 Å². The van der Waals surface area contributed by atoms with E-state index in [9.17, 15) is 0 Å². The summed E-state index contributed by atoms with van der Waals surface area (Å²) < 4.78 is 16.5. The predicted octanol–water partition coefficient (Wildman–Crippen LogP) is 4.18. The van der Waals surface area contributed by atoms with E-state index in [0.29, 0.717) is 18.3 Å². The first-order valence-corrected chi connectivity index (χ1v) is 9.02. The number of aryl methyl sites for hydroxylation is 1. The van der Waals surface area contributed by atoms with Gasteiger partial charge in [0.05, 0.1) is 6.61 Å². The summed E-state index contributed by atoms with van der Waals surface area (Å²) in [5.41, 5.74) is 1.21. The number of hydrogen-bond donors (Lipinski definition) is 0. The van der Waals surface area contributed by atoms with Gasteiger partial charge in [0.25, 0.3) is 5.89 Å². The van der Waals surface area contributed by atoms with E-state index in [-0.39, 0.29) is 5.92 Å². The molecule has 22 heavy (non-hydrogen) atoms. The summed E-state index contributed by atoms with van der Waals surface area (Å²) in [5, 5.41) is 4.07. The van der Waals surface area contributed by atoms with Crippen molar-refractivity contribution < 1.29 is 13.7 Å². The monoisotopic (exact) mass is 322 g/mol. The van der Waals surface area contributed by atoms with Gasteiger partial charge in [-0.2, -0.15) is 16.7 Å². The average Bonchev–Trinajstić information content (AvgIpc) is 3.24. The highest BCUT2D eigenvalue weighted by Gasteiger charge is 2.24. The van der Waals surface area contributed by atoms with Crippen LogP contribution in [-0.4, -0.2) is 29.1 Å². The fourth-order valence-corrected chi connectivity index (χ4v) is 3.58. The van der Waals surface area contributed by atoms with Gasteiger partial charge < -0.3 is 13.7 Å². The van der Waals surface area contributed by atoms with Gasteiger partial charge in [0.15, 0.2) is 11.6 Å². The summed E-state index contributed by atoms with van der Waals surface area (Å²) in [6, 6.07) is 2.02. The van der Waals surface area contributed by atoms with Crippen LogP contribution in [0.15, 0.2) is 15.0 Å². The normalized spacial score (nSPS) is 18.2. The molecule has 1 fully saturated rings. The second-order valence-electron chi connectivity index (χ2n) is 5.62. The summed E-state index contributed by atoms with van der Waals surface area (Å²) in [6.45, 7) is 5.65. The van der Waals surface area contributed by atoms with Crippen LogP contribution in [0.25, 0.3) is 11.7 Å². The Labute approximate surface area is 134 Å². The second-order valence-corrected chi connectivity index (χ2v) is 6.72. The summed E-state index contributed by atoms with van der Waals surface area (Å²) in [5.74, 6) is 5.19. The van der Waals surface area contributed by atoms with Crippen LogP contribution in [0.1, 0.15) is 49.3 Å². The number of nitrogens with zero attached hydrogens (tertiary/aromatic N) is 2. The van der Waals surface area contributed by atoms with Crippen LogP contribution < -0.4 is 0 Å². The number of unbranched alkanes of at least 4 members (excludes halogenated alkanes) is 1. The van der Waals surface area contributed by atoms with Crippen molar-refractivity contribution in [1.82, 2.24) is 10.1 Å². The maximum atomic E-state index is 5.79. The van der Waals surface area contributed by atoms with Crippen LogP contribution in [-0.2, 0) is 10.5 Å². The molecule has 0 amide bonds. The van der Waals surface area contributed by atoms with Gasteiger partial charge >= 0.3 is 0 Å². The highest BCUT2D eigenvalue weighted by molar-refractivity contribution is 7.98. The largest absolute Gasteiger partial charge is 0.456 e. The Morgan fingerprint density at radius 2 is 2.32 bits per heavy atom. The molecule has 2 aromatic rings. The average molecular weight is 322 g/mol. The van der Waals surface area contributed by atoms with Crippen molar-refractivity contribution in [1.29, 1.82) is 0 Å². The van der Waals surface area contributed by atoms with Crippen molar-refractivity contribution in [2.45, 2.75) is 44.8 Å². The molecule has 2 aromatic heterocycles. The van der Waals surface area contributed by atoms with Gasteiger partial charge in [-0.1, -0.05) is 18.5 Å². The first-order chi connectivity index (χ1) is 10.8. The molecule has 0 spiro atoms. The Hall–Kier alpha value is -1.27. The molecule has 1 saturated heterocycles. The molecular formula is C16H22N2O3S. The van der Waals surface area contributed by atoms with Crippen molar-refractivity contribution in [3.8, 4) is 11.7 Å². The standard InChI is InChI=1S/C16H22N2O3S/c1-3-4-7-22-10-13-8-14(20-11(13)2)16-17-15(18-21-16)12-5-6-19-9-12/h8,12H,3-7,9-10H2,1-2H3/t12-/m0/s1. The van der Waals surface area contributed by atoms with Gasteiger partial charge in [0.1, 0.15) is 5.76 Å². The summed E-state index contributed by atoms with van der Waals surface area (Å²) in [4.78, 5) is 4.47. The van der Waals surface area contributed by atoms with Crippen LogP contribution in [0.4, 0.5) is 0 Å². The van der Waals surface area contributed by atoms with Gasteiger partial charge in [-0.15, -0.1) is 0 Å².